The topological polar surface area (TPSA) is 22.1 Å². The van der Waals surface area contributed by atoms with E-state index in [2.05, 4.69) is 25.8 Å². The van der Waals surface area contributed by atoms with Gasteiger partial charge < -0.3 is 4.74 Å². The van der Waals surface area contributed by atoms with Crippen molar-refractivity contribution in [3.8, 4) is 5.75 Å². The molecule has 0 unspecified atom stereocenters. The molecule has 0 amide bonds. The predicted octanol–water partition coefficient (Wildman–Crippen LogP) is 4.34. The Morgan fingerprint density at radius 2 is 1.88 bits per heavy atom. The van der Waals surface area contributed by atoms with Crippen LogP contribution < -0.4 is 4.74 Å². The number of benzene rings is 1. The highest BCUT2D eigenvalue weighted by Crippen LogP contribution is 2.28. The van der Waals surface area contributed by atoms with Gasteiger partial charge in [0.1, 0.15) is 5.75 Å². The molecule has 0 bridgehead atoms. The molecule has 1 aromatic heterocycles. The average molecular weight is 237 g/mol. The molecule has 16 heavy (non-hydrogen) atoms. The van der Waals surface area contributed by atoms with E-state index in [4.69, 9.17) is 4.74 Å². The molecule has 0 aliphatic heterocycles. The first-order valence-electron chi connectivity index (χ1n) is 5.54. The van der Waals surface area contributed by atoms with E-state index in [1.165, 1.54) is 16.7 Å². The Bertz CT molecular complexity index is 462. The van der Waals surface area contributed by atoms with E-state index in [0.29, 0.717) is 0 Å². The second-order valence-electron chi connectivity index (χ2n) is 3.73. The van der Waals surface area contributed by atoms with Crippen LogP contribution in [0.1, 0.15) is 30.8 Å². The summed E-state index contributed by atoms with van der Waals surface area (Å²) in [6, 6.07) is 4.05. The number of hydrogen-bond donors (Lipinski definition) is 0. The standard InChI is InChI=1S/C10H11NOS.C3H8/c1-6-4-8(12-3)5-9-10(6)11-7(2)13-9;1-3-2/h4-5H,1-3H3;3H2,1-2H3. The van der Waals surface area contributed by atoms with Crippen LogP contribution in [0.3, 0.4) is 0 Å². The molecule has 0 aliphatic carbocycles. The van der Waals surface area contributed by atoms with Gasteiger partial charge in [-0.1, -0.05) is 20.3 Å². The fraction of sp³-hybridized carbons (Fsp3) is 0.462. The minimum atomic E-state index is 0.911. The Kier molecular flexibility index (Phi) is 4.74. The third-order valence-electron chi connectivity index (χ3n) is 2.00. The second kappa shape index (κ2) is 5.85. The predicted molar refractivity (Wildman–Crippen MR) is 71.6 cm³/mol. The quantitative estimate of drug-likeness (QED) is 0.736. The van der Waals surface area contributed by atoms with Crippen LogP contribution in [-0.4, -0.2) is 12.1 Å². The summed E-state index contributed by atoms with van der Waals surface area (Å²) in [5.41, 5.74) is 2.28. The number of thiazole rings is 1. The number of fused-ring (bicyclic) bond motifs is 1. The molecule has 0 spiro atoms. The summed E-state index contributed by atoms with van der Waals surface area (Å²) in [6.45, 7) is 8.33. The molecular weight excluding hydrogens is 218 g/mol. The van der Waals surface area contributed by atoms with E-state index in [0.717, 1.165) is 16.3 Å². The van der Waals surface area contributed by atoms with Gasteiger partial charge >= 0.3 is 0 Å². The van der Waals surface area contributed by atoms with Gasteiger partial charge in [-0.05, 0) is 31.5 Å². The molecule has 0 aliphatic rings. The molecule has 0 saturated carbocycles. The highest BCUT2D eigenvalue weighted by molar-refractivity contribution is 7.18. The Balaban J connectivity index is 0.000000386. The van der Waals surface area contributed by atoms with Gasteiger partial charge in [-0.3, -0.25) is 0 Å². The van der Waals surface area contributed by atoms with Crippen molar-refractivity contribution in [1.82, 2.24) is 4.98 Å². The molecule has 3 heteroatoms. The summed E-state index contributed by atoms with van der Waals surface area (Å²) in [5.74, 6) is 0.911. The van der Waals surface area contributed by atoms with E-state index in [-0.39, 0.29) is 0 Å². The number of aryl methyl sites for hydroxylation is 2. The van der Waals surface area contributed by atoms with E-state index < -0.39 is 0 Å². The van der Waals surface area contributed by atoms with Crippen molar-refractivity contribution < 1.29 is 4.74 Å². The van der Waals surface area contributed by atoms with E-state index in [1.807, 2.05) is 19.1 Å². The molecule has 0 saturated heterocycles. The van der Waals surface area contributed by atoms with E-state index in [1.54, 1.807) is 18.4 Å². The Morgan fingerprint density at radius 1 is 1.25 bits per heavy atom. The zero-order valence-corrected chi connectivity index (χ0v) is 11.4. The molecule has 1 aromatic carbocycles. The van der Waals surface area contributed by atoms with Crippen molar-refractivity contribution in [3.05, 3.63) is 22.7 Å². The average Bonchev–Trinajstić information content (AvgIpc) is 2.60. The monoisotopic (exact) mass is 237 g/mol. The van der Waals surface area contributed by atoms with E-state index in [9.17, 15) is 0 Å². The van der Waals surface area contributed by atoms with Crippen molar-refractivity contribution in [2.75, 3.05) is 7.11 Å². The Labute approximate surface area is 101 Å². The van der Waals surface area contributed by atoms with Gasteiger partial charge in [-0.25, -0.2) is 4.98 Å². The molecule has 0 N–H and O–H groups in total. The third-order valence-corrected chi connectivity index (χ3v) is 2.92. The van der Waals surface area contributed by atoms with Crippen molar-refractivity contribution in [2.24, 2.45) is 0 Å². The van der Waals surface area contributed by atoms with Crippen LogP contribution in [0.2, 0.25) is 0 Å². The van der Waals surface area contributed by atoms with Crippen molar-refractivity contribution in [3.63, 3.8) is 0 Å². The maximum absolute atomic E-state index is 5.19. The van der Waals surface area contributed by atoms with E-state index >= 15 is 0 Å². The van der Waals surface area contributed by atoms with Gasteiger partial charge in [0.2, 0.25) is 0 Å². The number of ether oxygens (including phenoxy) is 1. The first kappa shape index (κ1) is 13.0. The largest absolute Gasteiger partial charge is 0.497 e. The van der Waals surface area contributed by atoms with Gasteiger partial charge in [0.15, 0.2) is 0 Å². The van der Waals surface area contributed by atoms with Crippen molar-refractivity contribution in [2.45, 2.75) is 34.1 Å². The fourth-order valence-corrected chi connectivity index (χ4v) is 2.33. The van der Waals surface area contributed by atoms with Gasteiger partial charge in [0.05, 0.1) is 22.3 Å². The molecular formula is C13H19NOS. The number of methoxy groups -OCH3 is 1. The summed E-state index contributed by atoms with van der Waals surface area (Å²) < 4.78 is 6.39. The first-order valence-corrected chi connectivity index (χ1v) is 6.35. The molecule has 0 radical (unpaired) electrons. The van der Waals surface area contributed by atoms with Gasteiger partial charge in [-0.2, -0.15) is 0 Å². The highest BCUT2D eigenvalue weighted by Gasteiger charge is 2.05. The van der Waals surface area contributed by atoms with Crippen LogP contribution in [-0.2, 0) is 0 Å². The fourth-order valence-electron chi connectivity index (χ4n) is 1.39. The van der Waals surface area contributed by atoms with Gasteiger partial charge in [-0.15, -0.1) is 11.3 Å². The smallest absolute Gasteiger partial charge is 0.120 e. The number of rotatable bonds is 1. The molecule has 2 nitrogen and oxygen atoms in total. The van der Waals surface area contributed by atoms with Crippen molar-refractivity contribution in [1.29, 1.82) is 0 Å². The summed E-state index contributed by atoms with van der Waals surface area (Å²) >= 11 is 1.70. The molecule has 1 heterocycles. The lowest BCUT2D eigenvalue weighted by molar-refractivity contribution is 0.415. The first-order chi connectivity index (χ1) is 7.62. The molecule has 0 fully saturated rings. The zero-order valence-electron chi connectivity index (χ0n) is 10.6. The second-order valence-corrected chi connectivity index (χ2v) is 4.97. The normalized spacial score (nSPS) is 9.81. The maximum Gasteiger partial charge on any atom is 0.120 e. The molecule has 2 aromatic rings. The minimum absolute atomic E-state index is 0.911. The summed E-state index contributed by atoms with van der Waals surface area (Å²) in [4.78, 5) is 4.45. The van der Waals surface area contributed by atoms with Crippen LogP contribution in [0.15, 0.2) is 12.1 Å². The minimum Gasteiger partial charge on any atom is -0.497 e. The lowest BCUT2D eigenvalue weighted by atomic mass is 10.2. The van der Waals surface area contributed by atoms with Gasteiger partial charge in [0.25, 0.3) is 0 Å². The molecule has 0 atom stereocenters. The highest BCUT2D eigenvalue weighted by atomic mass is 32.1. The summed E-state index contributed by atoms with van der Waals surface area (Å²) in [6.07, 6.45) is 1.25. The Hall–Kier alpha value is -1.09. The van der Waals surface area contributed by atoms with Crippen LogP contribution >= 0.6 is 11.3 Å². The Morgan fingerprint density at radius 3 is 2.44 bits per heavy atom. The number of aromatic nitrogens is 1. The lowest BCUT2D eigenvalue weighted by Crippen LogP contribution is -1.84. The third kappa shape index (κ3) is 2.95. The number of nitrogens with zero attached hydrogens (tertiary/aromatic N) is 1. The lowest BCUT2D eigenvalue weighted by Gasteiger charge is -2.00. The number of hydrogen-bond acceptors (Lipinski definition) is 3. The van der Waals surface area contributed by atoms with Crippen LogP contribution in [0.5, 0.6) is 5.75 Å². The van der Waals surface area contributed by atoms with Gasteiger partial charge in [0, 0.05) is 0 Å². The summed E-state index contributed by atoms with van der Waals surface area (Å²) in [7, 11) is 1.69. The van der Waals surface area contributed by atoms with Crippen LogP contribution in [0.4, 0.5) is 0 Å². The maximum atomic E-state index is 5.19. The molecule has 88 valence electrons. The zero-order chi connectivity index (χ0) is 12.1. The van der Waals surface area contributed by atoms with Crippen LogP contribution in [0.25, 0.3) is 10.2 Å². The van der Waals surface area contributed by atoms with Crippen LogP contribution in [0, 0.1) is 13.8 Å². The van der Waals surface area contributed by atoms with Crippen molar-refractivity contribution >= 4 is 21.6 Å². The summed E-state index contributed by atoms with van der Waals surface area (Å²) in [5, 5.41) is 1.10. The SMILES string of the molecule is CCC.COc1cc(C)c2nc(C)sc2c1. The molecule has 2 rings (SSSR count).